The molecule has 0 aliphatic heterocycles. The minimum absolute atomic E-state index is 0.285. The molecular weight excluding hydrogens is 210 g/mol. The molecule has 0 aromatic carbocycles. The first-order valence-electron chi connectivity index (χ1n) is 5.78. The van der Waals surface area contributed by atoms with E-state index in [-0.39, 0.29) is 6.04 Å². The Morgan fingerprint density at radius 1 is 1.24 bits per heavy atom. The van der Waals surface area contributed by atoms with Gasteiger partial charge < -0.3 is 5.32 Å². The minimum atomic E-state index is 0.285. The largest absolute Gasteiger partial charge is 0.313 e. The highest BCUT2D eigenvalue weighted by molar-refractivity contribution is 5.21. The van der Waals surface area contributed by atoms with Gasteiger partial charge >= 0.3 is 0 Å². The predicted molar refractivity (Wildman–Crippen MR) is 68.7 cm³/mol. The van der Waals surface area contributed by atoms with Crippen LogP contribution in [0.1, 0.15) is 22.9 Å². The molecule has 0 saturated carbocycles. The summed E-state index contributed by atoms with van der Waals surface area (Å²) in [6.07, 6.45) is 6.57. The van der Waals surface area contributed by atoms with Gasteiger partial charge in [-0.3, -0.25) is 9.97 Å². The van der Waals surface area contributed by atoms with Gasteiger partial charge in [0, 0.05) is 30.3 Å². The fourth-order valence-electron chi connectivity index (χ4n) is 1.83. The highest BCUT2D eigenvalue weighted by Gasteiger charge is 2.10. The topological polar surface area (TPSA) is 37.8 Å². The molecule has 2 rings (SSSR count). The molecular formula is C14H17N3. The normalized spacial score (nSPS) is 12.4. The smallest absolute Gasteiger partial charge is 0.0374 e. The van der Waals surface area contributed by atoms with Gasteiger partial charge in [-0.2, -0.15) is 0 Å². The number of hydrogen-bond donors (Lipinski definition) is 1. The third-order valence-corrected chi connectivity index (χ3v) is 2.85. The van der Waals surface area contributed by atoms with Crippen LogP contribution in [0.4, 0.5) is 0 Å². The van der Waals surface area contributed by atoms with Gasteiger partial charge in [0.2, 0.25) is 0 Å². The Kier molecular flexibility index (Phi) is 3.83. The number of aryl methyl sites for hydroxylation is 1. The summed E-state index contributed by atoms with van der Waals surface area (Å²) in [5.74, 6) is 0. The number of nitrogens with zero attached hydrogens (tertiary/aromatic N) is 2. The number of rotatable bonds is 4. The fraction of sp³-hybridized carbons (Fsp3) is 0.286. The number of pyridine rings is 2. The molecule has 0 amide bonds. The van der Waals surface area contributed by atoms with Crippen molar-refractivity contribution in [1.82, 2.24) is 15.3 Å². The summed E-state index contributed by atoms with van der Waals surface area (Å²) in [4.78, 5) is 8.47. The zero-order valence-electron chi connectivity index (χ0n) is 10.2. The van der Waals surface area contributed by atoms with Crippen molar-refractivity contribution in [3.05, 3.63) is 59.7 Å². The van der Waals surface area contributed by atoms with Gasteiger partial charge in [0.05, 0.1) is 0 Å². The van der Waals surface area contributed by atoms with Crippen LogP contribution in [0.5, 0.6) is 0 Å². The summed E-state index contributed by atoms with van der Waals surface area (Å²) in [7, 11) is 1.97. The molecule has 2 heterocycles. The Morgan fingerprint density at radius 2 is 2.12 bits per heavy atom. The second-order valence-electron chi connectivity index (χ2n) is 4.14. The van der Waals surface area contributed by atoms with Crippen molar-refractivity contribution >= 4 is 0 Å². The van der Waals surface area contributed by atoms with Crippen LogP contribution < -0.4 is 5.32 Å². The maximum atomic E-state index is 4.33. The predicted octanol–water partition coefficient (Wildman–Crippen LogP) is 2.29. The highest BCUT2D eigenvalue weighted by atomic mass is 14.9. The zero-order valence-corrected chi connectivity index (χ0v) is 10.2. The summed E-state index contributed by atoms with van der Waals surface area (Å²) in [5, 5.41) is 3.32. The van der Waals surface area contributed by atoms with Crippen molar-refractivity contribution in [2.45, 2.75) is 19.4 Å². The van der Waals surface area contributed by atoms with E-state index in [1.807, 2.05) is 38.5 Å². The molecule has 0 spiro atoms. The summed E-state index contributed by atoms with van der Waals surface area (Å²) in [6, 6.07) is 8.52. The standard InChI is InChI=1S/C14H17N3/c1-11-5-6-13(10-17-11)14(15-2)8-12-4-3-7-16-9-12/h3-7,9-10,14-15H,8H2,1-2H3. The molecule has 0 aliphatic rings. The van der Waals surface area contributed by atoms with E-state index < -0.39 is 0 Å². The maximum absolute atomic E-state index is 4.33. The summed E-state index contributed by atoms with van der Waals surface area (Å²) < 4.78 is 0. The van der Waals surface area contributed by atoms with Crippen LogP contribution in [0.2, 0.25) is 0 Å². The van der Waals surface area contributed by atoms with Gasteiger partial charge in [0.15, 0.2) is 0 Å². The molecule has 88 valence electrons. The van der Waals surface area contributed by atoms with E-state index >= 15 is 0 Å². The van der Waals surface area contributed by atoms with Crippen LogP contribution in [0.25, 0.3) is 0 Å². The Bertz CT molecular complexity index is 451. The molecule has 2 aromatic heterocycles. The van der Waals surface area contributed by atoms with Crippen molar-refractivity contribution in [3.63, 3.8) is 0 Å². The molecule has 0 radical (unpaired) electrons. The van der Waals surface area contributed by atoms with E-state index in [0.717, 1.165) is 12.1 Å². The van der Waals surface area contributed by atoms with Crippen molar-refractivity contribution in [2.75, 3.05) is 7.05 Å². The number of aromatic nitrogens is 2. The lowest BCUT2D eigenvalue weighted by atomic mass is 10.0. The highest BCUT2D eigenvalue weighted by Crippen LogP contribution is 2.16. The Balaban J connectivity index is 2.14. The lowest BCUT2D eigenvalue weighted by Gasteiger charge is -2.16. The quantitative estimate of drug-likeness (QED) is 0.870. The molecule has 1 atom stereocenters. The van der Waals surface area contributed by atoms with E-state index in [2.05, 4.69) is 27.4 Å². The molecule has 0 aliphatic carbocycles. The third kappa shape index (κ3) is 3.11. The van der Waals surface area contributed by atoms with Gasteiger partial charge in [0.1, 0.15) is 0 Å². The second-order valence-corrected chi connectivity index (χ2v) is 4.14. The molecule has 0 saturated heterocycles. The van der Waals surface area contributed by atoms with Gasteiger partial charge in [-0.05, 0) is 43.7 Å². The first-order valence-corrected chi connectivity index (χ1v) is 5.78. The van der Waals surface area contributed by atoms with Crippen molar-refractivity contribution in [2.24, 2.45) is 0 Å². The van der Waals surface area contributed by atoms with Crippen LogP contribution in [-0.4, -0.2) is 17.0 Å². The summed E-state index contributed by atoms with van der Waals surface area (Å²) >= 11 is 0. The third-order valence-electron chi connectivity index (χ3n) is 2.85. The SMILES string of the molecule is CNC(Cc1cccnc1)c1ccc(C)nc1. The first-order chi connectivity index (χ1) is 8.29. The minimum Gasteiger partial charge on any atom is -0.313 e. The molecule has 2 aromatic rings. The van der Waals surface area contributed by atoms with Crippen LogP contribution in [-0.2, 0) is 6.42 Å². The van der Waals surface area contributed by atoms with Gasteiger partial charge in [-0.1, -0.05) is 12.1 Å². The van der Waals surface area contributed by atoms with Crippen molar-refractivity contribution in [3.8, 4) is 0 Å². The van der Waals surface area contributed by atoms with Crippen LogP contribution in [0, 0.1) is 6.92 Å². The van der Waals surface area contributed by atoms with Crippen LogP contribution >= 0.6 is 0 Å². The molecule has 1 unspecified atom stereocenters. The van der Waals surface area contributed by atoms with Gasteiger partial charge in [-0.15, -0.1) is 0 Å². The molecule has 17 heavy (non-hydrogen) atoms. The molecule has 3 nitrogen and oxygen atoms in total. The van der Waals surface area contributed by atoms with Crippen molar-refractivity contribution in [1.29, 1.82) is 0 Å². The average Bonchev–Trinajstić information content (AvgIpc) is 2.38. The van der Waals surface area contributed by atoms with E-state index in [1.54, 1.807) is 6.20 Å². The molecule has 0 bridgehead atoms. The Hall–Kier alpha value is -1.74. The van der Waals surface area contributed by atoms with E-state index in [9.17, 15) is 0 Å². The number of hydrogen-bond acceptors (Lipinski definition) is 3. The molecule has 0 fully saturated rings. The maximum Gasteiger partial charge on any atom is 0.0374 e. The first kappa shape index (κ1) is 11.7. The summed E-state index contributed by atoms with van der Waals surface area (Å²) in [5.41, 5.74) is 3.49. The van der Waals surface area contributed by atoms with E-state index in [4.69, 9.17) is 0 Å². The monoisotopic (exact) mass is 227 g/mol. The second kappa shape index (κ2) is 5.55. The fourth-order valence-corrected chi connectivity index (χ4v) is 1.83. The summed E-state index contributed by atoms with van der Waals surface area (Å²) in [6.45, 7) is 2.00. The van der Waals surface area contributed by atoms with Gasteiger partial charge in [0.25, 0.3) is 0 Å². The van der Waals surface area contributed by atoms with E-state index in [0.29, 0.717) is 0 Å². The van der Waals surface area contributed by atoms with Crippen LogP contribution in [0.15, 0.2) is 42.9 Å². The zero-order chi connectivity index (χ0) is 12.1. The van der Waals surface area contributed by atoms with E-state index in [1.165, 1.54) is 11.1 Å². The number of likely N-dealkylation sites (N-methyl/N-ethyl adjacent to an activating group) is 1. The van der Waals surface area contributed by atoms with Crippen LogP contribution in [0.3, 0.4) is 0 Å². The Morgan fingerprint density at radius 3 is 2.71 bits per heavy atom. The average molecular weight is 227 g/mol. The number of nitrogens with one attached hydrogen (secondary N) is 1. The van der Waals surface area contributed by atoms with Gasteiger partial charge in [-0.25, -0.2) is 0 Å². The lowest BCUT2D eigenvalue weighted by Crippen LogP contribution is -2.19. The Labute approximate surface area is 102 Å². The molecule has 3 heteroatoms. The van der Waals surface area contributed by atoms with Crippen molar-refractivity contribution < 1.29 is 0 Å². The lowest BCUT2D eigenvalue weighted by molar-refractivity contribution is 0.588. The molecule has 1 N–H and O–H groups in total.